The molecule has 0 radical (unpaired) electrons. The quantitative estimate of drug-likeness (QED) is 0.225. The van der Waals surface area contributed by atoms with Crippen LogP contribution in [0.4, 0.5) is 0 Å². The van der Waals surface area contributed by atoms with Gasteiger partial charge in [0.25, 0.3) is 0 Å². The molecular formula is C24H17ClINO3. The first kappa shape index (κ1) is 20.6. The van der Waals surface area contributed by atoms with Crippen molar-refractivity contribution in [3.8, 4) is 5.75 Å². The molecule has 4 rings (SSSR count). The molecule has 3 aromatic carbocycles. The van der Waals surface area contributed by atoms with Crippen LogP contribution in [-0.2, 0) is 16.1 Å². The second-order valence-electron chi connectivity index (χ2n) is 6.80. The van der Waals surface area contributed by atoms with Crippen LogP contribution < -0.4 is 4.74 Å². The van der Waals surface area contributed by atoms with Gasteiger partial charge in [0.1, 0.15) is 12.4 Å². The Morgan fingerprint density at radius 2 is 1.80 bits per heavy atom. The van der Waals surface area contributed by atoms with Gasteiger partial charge < -0.3 is 9.47 Å². The summed E-state index contributed by atoms with van der Waals surface area (Å²) in [7, 11) is 0. The van der Waals surface area contributed by atoms with E-state index in [9.17, 15) is 4.79 Å². The number of esters is 1. The monoisotopic (exact) mass is 529 g/mol. The summed E-state index contributed by atoms with van der Waals surface area (Å²) in [5.74, 6) is 0.467. The molecule has 0 bridgehead atoms. The topological polar surface area (TPSA) is 47.9 Å². The maximum atomic E-state index is 12.2. The van der Waals surface area contributed by atoms with Gasteiger partial charge in [-0.1, -0.05) is 53.6 Å². The third-order valence-electron chi connectivity index (χ3n) is 4.49. The Kier molecular flexibility index (Phi) is 6.20. The van der Waals surface area contributed by atoms with Crippen molar-refractivity contribution in [1.82, 2.24) is 0 Å². The number of ether oxygens (including phenoxy) is 2. The smallest absolute Gasteiger partial charge is 0.363 e. The van der Waals surface area contributed by atoms with Gasteiger partial charge in [0, 0.05) is 3.57 Å². The van der Waals surface area contributed by atoms with E-state index in [0.717, 1.165) is 20.4 Å². The van der Waals surface area contributed by atoms with Crippen molar-refractivity contribution in [2.45, 2.75) is 13.5 Å². The van der Waals surface area contributed by atoms with Gasteiger partial charge in [0.2, 0.25) is 5.90 Å². The number of benzene rings is 3. The third kappa shape index (κ3) is 4.91. The van der Waals surface area contributed by atoms with E-state index in [1.165, 1.54) is 5.56 Å². The van der Waals surface area contributed by atoms with E-state index in [4.69, 9.17) is 21.1 Å². The fourth-order valence-electron chi connectivity index (χ4n) is 2.85. The molecule has 1 heterocycles. The second kappa shape index (κ2) is 9.02. The van der Waals surface area contributed by atoms with E-state index in [0.29, 0.717) is 17.2 Å². The Labute approximate surface area is 193 Å². The van der Waals surface area contributed by atoms with Crippen LogP contribution >= 0.6 is 34.2 Å². The van der Waals surface area contributed by atoms with Gasteiger partial charge in [-0.05, 0) is 77.0 Å². The predicted octanol–water partition coefficient (Wildman–Crippen LogP) is 6.18. The molecule has 0 N–H and O–H groups in total. The first-order valence-corrected chi connectivity index (χ1v) is 10.7. The minimum Gasteiger partial charge on any atom is -0.489 e. The summed E-state index contributed by atoms with van der Waals surface area (Å²) in [6.45, 7) is 2.55. The van der Waals surface area contributed by atoms with Crippen molar-refractivity contribution in [3.05, 3.63) is 103 Å². The van der Waals surface area contributed by atoms with Crippen molar-refractivity contribution < 1.29 is 14.3 Å². The number of hydrogen-bond acceptors (Lipinski definition) is 4. The number of halogens is 2. The van der Waals surface area contributed by atoms with E-state index < -0.39 is 5.97 Å². The highest BCUT2D eigenvalue weighted by Gasteiger charge is 2.25. The molecule has 30 heavy (non-hydrogen) atoms. The minimum atomic E-state index is -0.500. The van der Waals surface area contributed by atoms with Gasteiger partial charge in [-0.2, -0.15) is 0 Å². The molecule has 4 nitrogen and oxygen atoms in total. The maximum Gasteiger partial charge on any atom is 0.363 e. The maximum absolute atomic E-state index is 12.2. The van der Waals surface area contributed by atoms with Crippen LogP contribution in [0.25, 0.3) is 6.08 Å². The normalized spacial score (nSPS) is 14.6. The Morgan fingerprint density at radius 3 is 2.53 bits per heavy atom. The molecule has 0 amide bonds. The number of carbonyl (C=O) groups excluding carboxylic acids is 1. The summed E-state index contributed by atoms with van der Waals surface area (Å²) in [5.41, 5.74) is 3.98. The summed E-state index contributed by atoms with van der Waals surface area (Å²) >= 11 is 8.39. The molecule has 6 heteroatoms. The number of cyclic esters (lactones) is 1. The van der Waals surface area contributed by atoms with Gasteiger partial charge in [0.15, 0.2) is 5.70 Å². The highest BCUT2D eigenvalue weighted by atomic mass is 127. The molecule has 3 aromatic rings. The molecule has 0 fully saturated rings. The zero-order valence-electron chi connectivity index (χ0n) is 16.1. The van der Waals surface area contributed by atoms with E-state index in [1.807, 2.05) is 36.4 Å². The average Bonchev–Trinajstić information content (AvgIpc) is 3.10. The van der Waals surface area contributed by atoms with Gasteiger partial charge in [-0.15, -0.1) is 0 Å². The average molecular weight is 530 g/mol. The summed E-state index contributed by atoms with van der Waals surface area (Å²) in [6, 6.07) is 21.2. The molecule has 0 aromatic heterocycles. The molecule has 1 aliphatic heterocycles. The number of rotatable bonds is 5. The summed E-state index contributed by atoms with van der Waals surface area (Å²) in [6.07, 6.45) is 1.68. The lowest BCUT2D eigenvalue weighted by atomic mass is 10.1. The lowest BCUT2D eigenvalue weighted by Gasteiger charge is -2.07. The fraction of sp³-hybridized carbons (Fsp3) is 0.0833. The van der Waals surface area contributed by atoms with Crippen LogP contribution in [0.1, 0.15) is 22.3 Å². The third-order valence-corrected chi connectivity index (χ3v) is 5.49. The Bertz CT molecular complexity index is 1150. The van der Waals surface area contributed by atoms with Crippen LogP contribution in [0, 0.1) is 10.5 Å². The fourth-order valence-corrected chi connectivity index (χ4v) is 3.54. The van der Waals surface area contributed by atoms with Gasteiger partial charge >= 0.3 is 5.97 Å². The van der Waals surface area contributed by atoms with Crippen molar-refractivity contribution in [2.75, 3.05) is 0 Å². The Hall–Kier alpha value is -2.64. The molecule has 0 aliphatic carbocycles. The first-order chi connectivity index (χ1) is 14.5. The van der Waals surface area contributed by atoms with Crippen molar-refractivity contribution in [2.24, 2.45) is 4.99 Å². The Morgan fingerprint density at radius 1 is 1.07 bits per heavy atom. The first-order valence-electron chi connectivity index (χ1n) is 9.24. The molecule has 150 valence electrons. The lowest BCUT2D eigenvalue weighted by molar-refractivity contribution is -0.129. The van der Waals surface area contributed by atoms with Gasteiger partial charge in [0.05, 0.1) is 10.6 Å². The van der Waals surface area contributed by atoms with E-state index >= 15 is 0 Å². The van der Waals surface area contributed by atoms with E-state index in [1.54, 1.807) is 12.1 Å². The number of hydrogen-bond donors (Lipinski definition) is 0. The summed E-state index contributed by atoms with van der Waals surface area (Å²) < 4.78 is 12.1. The van der Waals surface area contributed by atoms with Crippen LogP contribution in [0.15, 0.2) is 77.4 Å². The lowest BCUT2D eigenvalue weighted by Crippen LogP contribution is -2.06. The molecule has 0 saturated carbocycles. The molecule has 0 spiro atoms. The van der Waals surface area contributed by atoms with Gasteiger partial charge in [-0.3, -0.25) is 0 Å². The molecular weight excluding hydrogens is 513 g/mol. The van der Waals surface area contributed by atoms with Crippen molar-refractivity contribution in [1.29, 1.82) is 0 Å². The van der Waals surface area contributed by atoms with Crippen LogP contribution in [0.3, 0.4) is 0 Å². The number of aryl methyl sites for hydroxylation is 1. The van der Waals surface area contributed by atoms with Crippen LogP contribution in [0.5, 0.6) is 5.75 Å². The highest BCUT2D eigenvalue weighted by molar-refractivity contribution is 14.1. The zero-order chi connectivity index (χ0) is 21.1. The summed E-state index contributed by atoms with van der Waals surface area (Å²) in [5, 5.41) is 0.485. The number of carbonyl (C=O) groups is 1. The van der Waals surface area contributed by atoms with Crippen molar-refractivity contribution in [3.63, 3.8) is 0 Å². The molecule has 0 saturated heterocycles. The molecule has 1 aliphatic rings. The predicted molar refractivity (Wildman–Crippen MR) is 127 cm³/mol. The van der Waals surface area contributed by atoms with Crippen LogP contribution in [-0.4, -0.2) is 11.9 Å². The second-order valence-corrected chi connectivity index (χ2v) is 8.46. The molecule has 0 atom stereocenters. The SMILES string of the molecule is Cc1ccc(COc2ccc(/C=C3\N=C(c4cc(I)ccc4Cl)OC3=O)cc2)cc1. The van der Waals surface area contributed by atoms with Crippen molar-refractivity contribution >= 4 is 52.1 Å². The zero-order valence-corrected chi connectivity index (χ0v) is 19.0. The number of aliphatic imine (C=N–C) groups is 1. The Balaban J connectivity index is 1.47. The number of nitrogens with zero attached hydrogens (tertiary/aromatic N) is 1. The minimum absolute atomic E-state index is 0.216. The largest absolute Gasteiger partial charge is 0.489 e. The van der Waals surface area contributed by atoms with E-state index in [2.05, 4.69) is 58.8 Å². The summed E-state index contributed by atoms with van der Waals surface area (Å²) in [4.78, 5) is 16.6. The standard InChI is InChI=1S/C24H17ClINO3/c1-15-2-4-17(5-3-15)14-29-19-9-6-16(7-10-19)12-22-24(28)30-23(27-22)20-13-18(26)8-11-21(20)25/h2-13H,14H2,1H3/b22-12-. The molecule has 0 unspecified atom stereocenters. The van der Waals surface area contributed by atoms with Crippen LogP contribution in [0.2, 0.25) is 5.02 Å². The van der Waals surface area contributed by atoms with Gasteiger partial charge in [-0.25, -0.2) is 9.79 Å². The van der Waals surface area contributed by atoms with E-state index in [-0.39, 0.29) is 11.6 Å². The highest BCUT2D eigenvalue weighted by Crippen LogP contribution is 2.26.